The van der Waals surface area contributed by atoms with Crippen LogP contribution in [0.1, 0.15) is 60.5 Å². The maximum Gasteiger partial charge on any atom is 0.307 e. The van der Waals surface area contributed by atoms with E-state index in [2.05, 4.69) is 10.3 Å². The third-order valence-electron chi connectivity index (χ3n) is 7.36. The van der Waals surface area contributed by atoms with Gasteiger partial charge < -0.3 is 14.6 Å². The monoisotopic (exact) mass is 566 g/mol. The molecule has 0 spiro atoms. The molecule has 1 unspecified atom stereocenters. The maximum absolute atomic E-state index is 13.7. The molecule has 1 aliphatic heterocycles. The number of aryl methyl sites for hydroxylation is 2. The number of hydrogen-bond acceptors (Lipinski definition) is 6. The number of benzene rings is 1. The van der Waals surface area contributed by atoms with E-state index in [-0.39, 0.29) is 31.6 Å². The van der Waals surface area contributed by atoms with Gasteiger partial charge >= 0.3 is 5.97 Å². The van der Waals surface area contributed by atoms with Crippen LogP contribution in [0.3, 0.4) is 0 Å². The van der Waals surface area contributed by atoms with Crippen LogP contribution >= 0.6 is 0 Å². The smallest absolute Gasteiger partial charge is 0.307 e. The van der Waals surface area contributed by atoms with E-state index in [1.165, 1.54) is 17.7 Å². The Bertz CT molecular complexity index is 1440. The number of nitrogens with one attached hydrogen (secondary N) is 1. The largest absolute Gasteiger partial charge is 0.469 e. The van der Waals surface area contributed by atoms with Crippen molar-refractivity contribution in [3.63, 3.8) is 0 Å². The Morgan fingerprint density at radius 2 is 1.83 bits per heavy atom. The number of rotatable bonds is 11. The maximum atomic E-state index is 13.7. The van der Waals surface area contributed by atoms with Gasteiger partial charge in [0.2, 0.25) is 5.91 Å². The first kappa shape index (κ1) is 30.0. The van der Waals surface area contributed by atoms with Crippen molar-refractivity contribution in [2.45, 2.75) is 64.6 Å². The minimum atomic E-state index is -2.70. The second-order valence-electron chi connectivity index (χ2n) is 10.7. The summed E-state index contributed by atoms with van der Waals surface area (Å²) in [5.41, 5.74) is 4.93. The van der Waals surface area contributed by atoms with Gasteiger partial charge in [0.15, 0.2) is 0 Å². The van der Waals surface area contributed by atoms with Crippen LogP contribution in [0.15, 0.2) is 59.8 Å². The number of esters is 1. The number of hydrogen-bond donors (Lipinski definition) is 1. The number of pyridine rings is 2. The number of amides is 1. The fourth-order valence-corrected chi connectivity index (χ4v) is 5.36. The summed E-state index contributed by atoms with van der Waals surface area (Å²) in [6.45, 7) is 5.50. The first-order valence-corrected chi connectivity index (χ1v) is 13.7. The van der Waals surface area contributed by atoms with Crippen molar-refractivity contribution < 1.29 is 23.1 Å². The van der Waals surface area contributed by atoms with Crippen LogP contribution in [0.5, 0.6) is 0 Å². The quantitative estimate of drug-likeness (QED) is 0.337. The van der Waals surface area contributed by atoms with Crippen molar-refractivity contribution in [3.8, 4) is 11.1 Å². The van der Waals surface area contributed by atoms with E-state index in [0.29, 0.717) is 24.0 Å². The number of aromatic nitrogens is 2. The number of likely N-dealkylation sites (tertiary alicyclic amines) is 1. The zero-order valence-corrected chi connectivity index (χ0v) is 23.8. The predicted octanol–water partition coefficient (Wildman–Crippen LogP) is 4.74. The van der Waals surface area contributed by atoms with Crippen LogP contribution < -0.4 is 10.9 Å². The first-order valence-electron chi connectivity index (χ1n) is 13.7. The lowest BCUT2D eigenvalue weighted by Crippen LogP contribution is -2.55. The second kappa shape index (κ2) is 12.7. The molecule has 0 saturated carbocycles. The van der Waals surface area contributed by atoms with Gasteiger partial charge in [-0.25, -0.2) is 8.78 Å². The molecule has 2 aromatic heterocycles. The summed E-state index contributed by atoms with van der Waals surface area (Å²) >= 11 is 0. The number of carbonyl (C=O) groups is 2. The molecule has 1 aliphatic rings. The van der Waals surface area contributed by atoms with Gasteiger partial charge in [0, 0.05) is 36.8 Å². The molecule has 8 nitrogen and oxygen atoms in total. The minimum Gasteiger partial charge on any atom is -0.469 e. The standard InChI is InChI=1S/C31H36F2N4O4/c1-5-7-26(37-17-22(10-11-27(37)38)16-36-18-31(32,33)19-36)30(40)35-25(13-28(39)41-4)23-12-24(15-34-14-23)29-20(2)8-6-9-21(29)3/h6,8-12,14-15,17,25-26H,5,7,13,16,18-19H2,1-4H3,(H,35,40)/t25-,26?/m0/s1. The predicted molar refractivity (Wildman–Crippen MR) is 152 cm³/mol. The number of carbonyl (C=O) groups excluding carboxylic acids is 2. The molecule has 1 aromatic carbocycles. The zero-order valence-electron chi connectivity index (χ0n) is 23.8. The Hall–Kier alpha value is -3.92. The highest BCUT2D eigenvalue weighted by Crippen LogP contribution is 2.30. The summed E-state index contributed by atoms with van der Waals surface area (Å²) in [5, 5.41) is 2.96. The van der Waals surface area contributed by atoms with E-state index in [9.17, 15) is 23.2 Å². The molecule has 0 aliphatic carbocycles. The molecule has 10 heteroatoms. The van der Waals surface area contributed by atoms with Crippen molar-refractivity contribution in [1.29, 1.82) is 0 Å². The zero-order chi connectivity index (χ0) is 29.7. The molecule has 1 saturated heterocycles. The molecule has 1 amide bonds. The molecule has 1 N–H and O–H groups in total. The lowest BCUT2D eigenvalue weighted by Gasteiger charge is -2.38. The lowest BCUT2D eigenvalue weighted by molar-refractivity contribution is -0.141. The fraction of sp³-hybridized carbons (Fsp3) is 0.419. The van der Waals surface area contributed by atoms with Gasteiger partial charge in [0.25, 0.3) is 11.5 Å². The molecule has 1 fully saturated rings. The molecule has 0 radical (unpaired) electrons. The van der Waals surface area contributed by atoms with E-state index in [4.69, 9.17) is 4.74 Å². The highest BCUT2D eigenvalue weighted by atomic mass is 19.3. The van der Waals surface area contributed by atoms with Crippen molar-refractivity contribution in [2.24, 2.45) is 0 Å². The molecule has 41 heavy (non-hydrogen) atoms. The van der Waals surface area contributed by atoms with Crippen LogP contribution in [0.25, 0.3) is 11.1 Å². The second-order valence-corrected chi connectivity index (χ2v) is 10.7. The Labute approximate surface area is 238 Å². The Morgan fingerprint density at radius 1 is 1.12 bits per heavy atom. The fourth-order valence-electron chi connectivity index (χ4n) is 5.36. The summed E-state index contributed by atoms with van der Waals surface area (Å²) in [7, 11) is 1.28. The average Bonchev–Trinajstić information content (AvgIpc) is 2.91. The number of alkyl halides is 2. The van der Waals surface area contributed by atoms with Gasteiger partial charge in [-0.3, -0.25) is 24.3 Å². The van der Waals surface area contributed by atoms with Crippen molar-refractivity contribution >= 4 is 11.9 Å². The molecule has 0 bridgehead atoms. The van der Waals surface area contributed by atoms with Crippen LogP contribution in [-0.4, -0.2) is 52.4 Å². The van der Waals surface area contributed by atoms with Gasteiger partial charge in [-0.15, -0.1) is 0 Å². The molecule has 3 heterocycles. The normalized spacial score (nSPS) is 16.0. The van der Waals surface area contributed by atoms with Gasteiger partial charge in [0.05, 0.1) is 32.7 Å². The molecule has 4 rings (SSSR count). The van der Waals surface area contributed by atoms with Gasteiger partial charge in [0.1, 0.15) is 6.04 Å². The number of methoxy groups -OCH3 is 1. The summed E-state index contributed by atoms with van der Waals surface area (Å²) < 4.78 is 32.9. The van der Waals surface area contributed by atoms with E-state index in [1.807, 2.05) is 45.0 Å². The number of nitrogens with zero attached hydrogens (tertiary/aromatic N) is 3. The summed E-state index contributed by atoms with van der Waals surface area (Å²) in [4.78, 5) is 45.0. The van der Waals surface area contributed by atoms with Gasteiger partial charge in [-0.1, -0.05) is 37.6 Å². The van der Waals surface area contributed by atoms with Crippen LogP contribution in [0.4, 0.5) is 8.78 Å². The molecule has 3 aromatic rings. The molecular weight excluding hydrogens is 530 g/mol. The third-order valence-corrected chi connectivity index (χ3v) is 7.36. The average molecular weight is 567 g/mol. The summed E-state index contributed by atoms with van der Waals surface area (Å²) in [6.07, 6.45) is 5.76. The third kappa shape index (κ3) is 7.24. The molecule has 2 atom stereocenters. The van der Waals surface area contributed by atoms with E-state index >= 15 is 0 Å². The van der Waals surface area contributed by atoms with Crippen LogP contribution in [-0.2, 0) is 20.9 Å². The van der Waals surface area contributed by atoms with Crippen molar-refractivity contribution in [3.05, 3.63) is 87.6 Å². The topological polar surface area (TPSA) is 93.5 Å². The Morgan fingerprint density at radius 3 is 2.46 bits per heavy atom. The van der Waals surface area contributed by atoms with E-state index in [0.717, 1.165) is 22.3 Å². The number of halogens is 2. The lowest BCUT2D eigenvalue weighted by atomic mass is 9.94. The summed E-state index contributed by atoms with van der Waals surface area (Å²) in [6, 6.07) is 9.24. The Kier molecular flexibility index (Phi) is 9.32. The summed E-state index contributed by atoms with van der Waals surface area (Å²) in [5.74, 6) is -3.64. The first-order chi connectivity index (χ1) is 19.5. The minimum absolute atomic E-state index is 0.128. The highest BCUT2D eigenvalue weighted by Gasteiger charge is 2.43. The highest BCUT2D eigenvalue weighted by molar-refractivity contribution is 5.82. The van der Waals surface area contributed by atoms with Crippen LogP contribution in [0, 0.1) is 13.8 Å². The van der Waals surface area contributed by atoms with Gasteiger partial charge in [-0.05, 0) is 54.2 Å². The molecular formula is C31H36F2N4O4. The van der Waals surface area contributed by atoms with E-state index in [1.54, 1.807) is 29.6 Å². The van der Waals surface area contributed by atoms with Gasteiger partial charge in [-0.2, -0.15) is 0 Å². The van der Waals surface area contributed by atoms with Crippen molar-refractivity contribution in [1.82, 2.24) is 19.8 Å². The van der Waals surface area contributed by atoms with Crippen LogP contribution in [0.2, 0.25) is 0 Å². The van der Waals surface area contributed by atoms with Crippen molar-refractivity contribution in [2.75, 3.05) is 20.2 Å². The van der Waals surface area contributed by atoms with E-state index < -0.39 is 29.9 Å². The molecule has 218 valence electrons. The SMILES string of the molecule is CCCC(C(=O)N[C@@H](CC(=O)OC)c1cncc(-c2c(C)cccc2C)c1)n1cc(CN2CC(F)(F)C2)ccc1=O. The Balaban J connectivity index is 1.63. The number of ether oxygens (including phenoxy) is 1.